The van der Waals surface area contributed by atoms with Crippen LogP contribution in [0.3, 0.4) is 0 Å². The van der Waals surface area contributed by atoms with Gasteiger partial charge in [0, 0.05) is 22.5 Å². The van der Waals surface area contributed by atoms with E-state index in [1.165, 1.54) is 28.2 Å². The normalized spacial score (nSPS) is 10.8. The van der Waals surface area contributed by atoms with E-state index in [1.807, 2.05) is 48.7 Å². The van der Waals surface area contributed by atoms with Gasteiger partial charge in [0.25, 0.3) is 0 Å². The first-order valence-corrected chi connectivity index (χ1v) is 12.3. The van der Waals surface area contributed by atoms with E-state index in [9.17, 15) is 4.79 Å². The number of amides is 1. The molecule has 4 rings (SSSR count). The van der Waals surface area contributed by atoms with Gasteiger partial charge in [0.15, 0.2) is 4.34 Å². The maximum atomic E-state index is 12.3. The number of nitrogens with zero attached hydrogens (tertiary/aromatic N) is 3. The van der Waals surface area contributed by atoms with Gasteiger partial charge in [-0.25, -0.2) is 4.98 Å². The van der Waals surface area contributed by atoms with Crippen molar-refractivity contribution in [1.29, 1.82) is 0 Å². The van der Waals surface area contributed by atoms with Crippen LogP contribution in [0.1, 0.15) is 21.8 Å². The smallest absolute Gasteiger partial charge is 0.231 e. The molecule has 0 atom stereocenters. The number of rotatable bonds is 8. The van der Waals surface area contributed by atoms with Gasteiger partial charge < -0.3 is 10.6 Å². The van der Waals surface area contributed by atoms with Gasteiger partial charge in [0.05, 0.1) is 12.1 Å². The standard InChI is InChI=1S/C22H21N5OS3/c1-14-6-8-16(9-7-14)23-19(28)11-20-24-18(12-29-20)13-30-22-27-26-21(31-22)25-17-5-3-4-15(2)10-17/h3-10,12H,11,13H2,1-2H3,(H,23,28)(H,25,26). The largest absolute Gasteiger partial charge is 0.330 e. The molecule has 4 aromatic rings. The fourth-order valence-corrected chi connectivity index (χ4v) is 5.34. The minimum absolute atomic E-state index is 0.0617. The number of aryl methyl sites for hydroxylation is 2. The van der Waals surface area contributed by atoms with E-state index in [2.05, 4.69) is 44.9 Å². The zero-order chi connectivity index (χ0) is 21.6. The second kappa shape index (κ2) is 10.0. The number of hydrogen-bond donors (Lipinski definition) is 2. The van der Waals surface area contributed by atoms with Crippen LogP contribution in [0.25, 0.3) is 0 Å². The molecule has 0 fully saturated rings. The first-order valence-electron chi connectivity index (χ1n) is 9.63. The fourth-order valence-electron chi connectivity index (χ4n) is 2.78. The van der Waals surface area contributed by atoms with Gasteiger partial charge in [-0.15, -0.1) is 21.5 Å². The summed E-state index contributed by atoms with van der Waals surface area (Å²) in [5, 5.41) is 18.2. The molecule has 0 unspecified atom stereocenters. The van der Waals surface area contributed by atoms with Gasteiger partial charge in [-0.1, -0.05) is 52.9 Å². The second-order valence-corrected chi connectivity index (χ2v) is 10.1. The van der Waals surface area contributed by atoms with Crippen LogP contribution in [0.2, 0.25) is 0 Å². The van der Waals surface area contributed by atoms with E-state index >= 15 is 0 Å². The van der Waals surface area contributed by atoms with E-state index in [-0.39, 0.29) is 12.3 Å². The molecule has 2 N–H and O–H groups in total. The lowest BCUT2D eigenvalue weighted by atomic mass is 10.2. The third-order valence-electron chi connectivity index (χ3n) is 4.27. The Morgan fingerprint density at radius 3 is 2.68 bits per heavy atom. The topological polar surface area (TPSA) is 79.8 Å². The number of nitrogens with one attached hydrogen (secondary N) is 2. The minimum Gasteiger partial charge on any atom is -0.330 e. The highest BCUT2D eigenvalue weighted by Crippen LogP contribution is 2.30. The van der Waals surface area contributed by atoms with Crippen LogP contribution < -0.4 is 10.6 Å². The predicted octanol–water partition coefficient (Wildman–Crippen LogP) is 5.83. The molecule has 6 nitrogen and oxygen atoms in total. The molecule has 2 aromatic carbocycles. The Bertz CT molecular complexity index is 1170. The Labute approximate surface area is 193 Å². The van der Waals surface area contributed by atoms with Crippen LogP contribution in [-0.4, -0.2) is 21.1 Å². The maximum absolute atomic E-state index is 12.3. The Morgan fingerprint density at radius 2 is 1.87 bits per heavy atom. The highest BCUT2D eigenvalue weighted by atomic mass is 32.2. The predicted molar refractivity (Wildman–Crippen MR) is 130 cm³/mol. The summed E-state index contributed by atoms with van der Waals surface area (Å²) in [5.41, 5.74) is 5.09. The number of thiazole rings is 1. The quantitative estimate of drug-likeness (QED) is 0.318. The zero-order valence-electron chi connectivity index (χ0n) is 17.1. The Kier molecular flexibility index (Phi) is 6.96. The van der Waals surface area contributed by atoms with Gasteiger partial charge in [0.2, 0.25) is 11.0 Å². The van der Waals surface area contributed by atoms with Crippen molar-refractivity contribution in [3.63, 3.8) is 0 Å². The van der Waals surface area contributed by atoms with Gasteiger partial charge in [-0.3, -0.25) is 4.79 Å². The van der Waals surface area contributed by atoms with Gasteiger partial charge >= 0.3 is 0 Å². The number of hydrogen-bond acceptors (Lipinski definition) is 8. The molecule has 1 amide bonds. The summed E-state index contributed by atoms with van der Waals surface area (Å²) in [6.45, 7) is 4.07. The number of anilines is 3. The molecule has 31 heavy (non-hydrogen) atoms. The average Bonchev–Trinajstić information content (AvgIpc) is 3.37. The monoisotopic (exact) mass is 467 g/mol. The highest BCUT2D eigenvalue weighted by molar-refractivity contribution is 8.00. The minimum atomic E-state index is -0.0617. The van der Waals surface area contributed by atoms with Crippen molar-refractivity contribution in [1.82, 2.24) is 15.2 Å². The van der Waals surface area contributed by atoms with E-state index in [1.54, 1.807) is 11.8 Å². The summed E-state index contributed by atoms with van der Waals surface area (Å²) in [6, 6.07) is 15.9. The van der Waals surface area contributed by atoms with Gasteiger partial charge in [0.1, 0.15) is 5.01 Å². The summed E-state index contributed by atoms with van der Waals surface area (Å²) in [7, 11) is 0. The third-order valence-corrected chi connectivity index (χ3v) is 7.17. The molecule has 0 bridgehead atoms. The molecule has 0 saturated carbocycles. The highest BCUT2D eigenvalue weighted by Gasteiger charge is 2.11. The average molecular weight is 468 g/mol. The molecular weight excluding hydrogens is 446 g/mol. The SMILES string of the molecule is Cc1ccc(NC(=O)Cc2nc(CSc3nnc(Nc4cccc(C)c4)s3)cs2)cc1. The van der Waals surface area contributed by atoms with Crippen molar-refractivity contribution in [2.24, 2.45) is 0 Å². The van der Waals surface area contributed by atoms with Crippen molar-refractivity contribution in [2.75, 3.05) is 10.6 Å². The molecule has 0 spiro atoms. The van der Waals surface area contributed by atoms with E-state index < -0.39 is 0 Å². The molecule has 158 valence electrons. The maximum Gasteiger partial charge on any atom is 0.231 e. The van der Waals surface area contributed by atoms with E-state index in [0.717, 1.165) is 37.1 Å². The van der Waals surface area contributed by atoms with Crippen LogP contribution in [0.15, 0.2) is 58.3 Å². The molecule has 9 heteroatoms. The first kappa shape index (κ1) is 21.5. The summed E-state index contributed by atoms with van der Waals surface area (Å²) >= 11 is 4.61. The second-order valence-electron chi connectivity index (χ2n) is 6.98. The van der Waals surface area contributed by atoms with E-state index in [4.69, 9.17) is 0 Å². The Balaban J connectivity index is 1.27. The number of carbonyl (C=O) groups is 1. The van der Waals surface area contributed by atoms with Crippen molar-refractivity contribution in [3.8, 4) is 0 Å². The van der Waals surface area contributed by atoms with Crippen molar-refractivity contribution in [2.45, 2.75) is 30.4 Å². The van der Waals surface area contributed by atoms with Crippen LogP contribution >= 0.6 is 34.4 Å². The number of benzene rings is 2. The Morgan fingerprint density at radius 1 is 1.03 bits per heavy atom. The van der Waals surface area contributed by atoms with Crippen molar-refractivity contribution in [3.05, 3.63) is 75.7 Å². The van der Waals surface area contributed by atoms with Crippen molar-refractivity contribution < 1.29 is 4.79 Å². The van der Waals surface area contributed by atoms with Gasteiger partial charge in [-0.05, 0) is 43.7 Å². The zero-order valence-corrected chi connectivity index (χ0v) is 19.5. The van der Waals surface area contributed by atoms with Crippen LogP contribution in [0.5, 0.6) is 0 Å². The lowest BCUT2D eigenvalue weighted by Crippen LogP contribution is -2.14. The molecule has 0 aliphatic heterocycles. The molecule has 0 saturated heterocycles. The summed E-state index contributed by atoms with van der Waals surface area (Å²) in [6.07, 6.45) is 0.270. The number of carbonyl (C=O) groups excluding carboxylic acids is 1. The van der Waals surface area contributed by atoms with Crippen LogP contribution in [0.4, 0.5) is 16.5 Å². The number of thioether (sulfide) groups is 1. The van der Waals surface area contributed by atoms with Crippen molar-refractivity contribution >= 4 is 56.8 Å². The molecule has 0 aliphatic rings. The lowest BCUT2D eigenvalue weighted by molar-refractivity contribution is -0.115. The number of aromatic nitrogens is 3. The molecule has 2 heterocycles. The molecule has 0 radical (unpaired) electrons. The molecular formula is C22H21N5OS3. The fraction of sp³-hybridized carbons (Fsp3) is 0.182. The lowest BCUT2D eigenvalue weighted by Gasteiger charge is -2.04. The molecule has 0 aliphatic carbocycles. The summed E-state index contributed by atoms with van der Waals surface area (Å²) in [4.78, 5) is 16.8. The van der Waals surface area contributed by atoms with Crippen LogP contribution in [-0.2, 0) is 17.0 Å². The third kappa shape index (κ3) is 6.36. The summed E-state index contributed by atoms with van der Waals surface area (Å²) in [5.74, 6) is 0.628. The first-order chi connectivity index (χ1) is 15.0. The summed E-state index contributed by atoms with van der Waals surface area (Å²) < 4.78 is 0.877. The Hall–Kier alpha value is -2.75. The molecule has 2 aromatic heterocycles. The van der Waals surface area contributed by atoms with Gasteiger partial charge in [-0.2, -0.15) is 0 Å². The van der Waals surface area contributed by atoms with E-state index in [0.29, 0.717) is 5.75 Å². The van der Waals surface area contributed by atoms with Crippen LogP contribution in [0, 0.1) is 13.8 Å².